The third kappa shape index (κ3) is 3.34. The predicted octanol–water partition coefficient (Wildman–Crippen LogP) is 1.43. The fraction of sp³-hybridized carbons (Fsp3) is 0.588. The molecule has 7 heteroatoms. The molecule has 0 N–H and O–H groups in total. The Balaban J connectivity index is 1.67. The number of nitrogens with zero attached hydrogens (tertiary/aromatic N) is 2. The zero-order valence-corrected chi connectivity index (χ0v) is 15.0. The van der Waals surface area contributed by atoms with Gasteiger partial charge in [0.05, 0.1) is 11.5 Å². The van der Waals surface area contributed by atoms with Crippen molar-refractivity contribution in [2.75, 3.05) is 32.8 Å². The maximum absolute atomic E-state index is 12.8. The van der Waals surface area contributed by atoms with E-state index in [1.54, 1.807) is 12.1 Å². The third-order valence-corrected chi connectivity index (χ3v) is 6.72. The molecule has 132 valence electrons. The van der Waals surface area contributed by atoms with Crippen LogP contribution in [0.25, 0.3) is 0 Å². The second-order valence-electron chi connectivity index (χ2n) is 6.64. The smallest absolute Gasteiger partial charge is 0.323 e. The molecule has 0 radical (unpaired) electrons. The molecule has 2 aliphatic rings. The number of cyclic esters (lactones) is 1. The normalized spacial score (nSPS) is 23.6. The van der Waals surface area contributed by atoms with Crippen molar-refractivity contribution in [2.45, 2.75) is 37.1 Å². The van der Waals surface area contributed by atoms with Crippen LogP contribution in [0.2, 0.25) is 0 Å². The number of benzene rings is 1. The van der Waals surface area contributed by atoms with Crippen molar-refractivity contribution in [2.24, 2.45) is 0 Å². The third-order valence-electron chi connectivity index (χ3n) is 4.81. The Morgan fingerprint density at radius 3 is 2.21 bits per heavy atom. The summed E-state index contributed by atoms with van der Waals surface area (Å²) in [4.78, 5) is 14.0. The molecule has 0 aromatic heterocycles. The highest BCUT2D eigenvalue weighted by Gasteiger charge is 2.36. The van der Waals surface area contributed by atoms with Gasteiger partial charge in [0.2, 0.25) is 10.0 Å². The van der Waals surface area contributed by atoms with Crippen LogP contribution in [0.15, 0.2) is 29.2 Å². The van der Waals surface area contributed by atoms with Crippen LogP contribution in [0.5, 0.6) is 0 Å². The van der Waals surface area contributed by atoms with Crippen molar-refractivity contribution < 1.29 is 17.9 Å². The first-order valence-electron chi connectivity index (χ1n) is 8.40. The van der Waals surface area contributed by atoms with Crippen LogP contribution < -0.4 is 0 Å². The molecular formula is C17H24N2O4S. The van der Waals surface area contributed by atoms with Gasteiger partial charge in [0, 0.05) is 32.6 Å². The maximum Gasteiger partial charge on any atom is 0.323 e. The van der Waals surface area contributed by atoms with Crippen molar-refractivity contribution in [3.05, 3.63) is 29.8 Å². The van der Waals surface area contributed by atoms with Gasteiger partial charge in [0.1, 0.15) is 6.04 Å². The van der Waals surface area contributed by atoms with Gasteiger partial charge in [0.15, 0.2) is 0 Å². The molecule has 1 atom stereocenters. The minimum Gasteiger partial charge on any atom is -0.464 e. The Morgan fingerprint density at radius 1 is 1.08 bits per heavy atom. The number of carbonyl (C=O) groups excluding carboxylic acids is 1. The molecule has 2 fully saturated rings. The van der Waals surface area contributed by atoms with Gasteiger partial charge < -0.3 is 4.74 Å². The standard InChI is InChI=1S/C17H24N2O4S/c1-13(2)14-3-5-15(6-4-14)24(21,22)19-10-8-18(9-11-19)16-7-12-23-17(16)20/h3-6,13,16H,7-12H2,1-2H3/t16-/m1/s1. The van der Waals surface area contributed by atoms with Crippen molar-refractivity contribution in [3.8, 4) is 0 Å². The number of sulfonamides is 1. The molecule has 24 heavy (non-hydrogen) atoms. The van der Waals surface area contributed by atoms with Crippen LogP contribution in [0.4, 0.5) is 0 Å². The Labute approximate surface area is 143 Å². The summed E-state index contributed by atoms with van der Waals surface area (Å²) in [6, 6.07) is 6.92. The highest BCUT2D eigenvalue weighted by atomic mass is 32.2. The number of carbonyl (C=O) groups is 1. The number of ether oxygens (including phenoxy) is 1. The molecule has 0 spiro atoms. The minimum atomic E-state index is -3.47. The highest BCUT2D eigenvalue weighted by Crippen LogP contribution is 2.23. The van der Waals surface area contributed by atoms with Gasteiger partial charge in [-0.2, -0.15) is 4.31 Å². The quantitative estimate of drug-likeness (QED) is 0.767. The summed E-state index contributed by atoms with van der Waals surface area (Å²) in [5.41, 5.74) is 1.12. The van der Waals surface area contributed by atoms with E-state index in [2.05, 4.69) is 13.8 Å². The second kappa shape index (κ2) is 6.82. The molecule has 0 saturated carbocycles. The number of hydrogen-bond donors (Lipinski definition) is 0. The zero-order valence-electron chi connectivity index (χ0n) is 14.1. The topological polar surface area (TPSA) is 66.9 Å². The fourth-order valence-corrected chi connectivity index (χ4v) is 4.67. The van der Waals surface area contributed by atoms with Crippen molar-refractivity contribution in [1.29, 1.82) is 0 Å². The van der Waals surface area contributed by atoms with E-state index in [9.17, 15) is 13.2 Å². The largest absolute Gasteiger partial charge is 0.464 e. The first kappa shape index (κ1) is 17.4. The number of esters is 1. The molecule has 0 amide bonds. The van der Waals surface area contributed by atoms with Crippen LogP contribution in [-0.4, -0.2) is 62.4 Å². The van der Waals surface area contributed by atoms with Crippen molar-refractivity contribution in [3.63, 3.8) is 0 Å². The van der Waals surface area contributed by atoms with Crippen molar-refractivity contribution in [1.82, 2.24) is 9.21 Å². The second-order valence-corrected chi connectivity index (χ2v) is 8.57. The SMILES string of the molecule is CC(C)c1ccc(S(=O)(=O)N2CCN([C@@H]3CCOC3=O)CC2)cc1. The van der Waals surface area contributed by atoms with Gasteiger partial charge in [-0.05, 0) is 23.6 Å². The van der Waals surface area contributed by atoms with Crippen LogP contribution in [0, 0.1) is 0 Å². The summed E-state index contributed by atoms with van der Waals surface area (Å²) in [6.07, 6.45) is 0.697. The Morgan fingerprint density at radius 2 is 1.71 bits per heavy atom. The lowest BCUT2D eigenvalue weighted by molar-refractivity contribution is -0.142. The van der Waals surface area contributed by atoms with Gasteiger partial charge in [-0.25, -0.2) is 8.42 Å². The first-order chi connectivity index (χ1) is 11.4. The Kier molecular flexibility index (Phi) is 4.94. The summed E-state index contributed by atoms with van der Waals surface area (Å²) in [7, 11) is -3.47. The molecule has 1 aromatic rings. The van der Waals surface area contributed by atoms with Crippen LogP contribution in [-0.2, 0) is 19.6 Å². The Hall–Kier alpha value is -1.44. The van der Waals surface area contributed by atoms with E-state index >= 15 is 0 Å². The zero-order chi connectivity index (χ0) is 17.3. The molecule has 6 nitrogen and oxygen atoms in total. The fourth-order valence-electron chi connectivity index (χ4n) is 3.25. The van der Waals surface area contributed by atoms with E-state index in [0.717, 1.165) is 5.56 Å². The molecule has 0 unspecified atom stereocenters. The average molecular weight is 352 g/mol. The molecule has 0 aliphatic carbocycles. The van der Waals surface area contributed by atoms with E-state index in [-0.39, 0.29) is 12.0 Å². The maximum atomic E-state index is 12.8. The van der Waals surface area contributed by atoms with Crippen LogP contribution in [0.3, 0.4) is 0 Å². The Bertz CT molecular complexity index is 692. The predicted molar refractivity (Wildman–Crippen MR) is 90.2 cm³/mol. The van der Waals surface area contributed by atoms with Gasteiger partial charge in [0.25, 0.3) is 0 Å². The number of piperazine rings is 1. The first-order valence-corrected chi connectivity index (χ1v) is 9.84. The summed E-state index contributed by atoms with van der Waals surface area (Å²) in [5, 5.41) is 0. The van der Waals surface area contributed by atoms with Gasteiger partial charge >= 0.3 is 5.97 Å². The summed E-state index contributed by atoms with van der Waals surface area (Å²) < 4.78 is 32.1. The van der Waals surface area contributed by atoms with Gasteiger partial charge in [-0.1, -0.05) is 26.0 Å². The van der Waals surface area contributed by atoms with E-state index in [1.165, 1.54) is 4.31 Å². The lowest BCUT2D eigenvalue weighted by atomic mass is 10.0. The highest BCUT2D eigenvalue weighted by molar-refractivity contribution is 7.89. The molecular weight excluding hydrogens is 328 g/mol. The summed E-state index contributed by atoms with van der Waals surface area (Å²) >= 11 is 0. The van der Waals surface area contributed by atoms with E-state index in [4.69, 9.17) is 4.74 Å². The van der Waals surface area contributed by atoms with E-state index in [0.29, 0.717) is 50.0 Å². The van der Waals surface area contributed by atoms with Crippen molar-refractivity contribution >= 4 is 16.0 Å². The molecule has 2 heterocycles. The van der Waals surface area contributed by atoms with Crippen LogP contribution >= 0.6 is 0 Å². The molecule has 1 aromatic carbocycles. The average Bonchev–Trinajstić information content (AvgIpc) is 3.01. The molecule has 0 bridgehead atoms. The summed E-state index contributed by atoms with van der Waals surface area (Å²) in [5.74, 6) is 0.187. The minimum absolute atomic E-state index is 0.185. The van der Waals surface area contributed by atoms with E-state index < -0.39 is 10.0 Å². The lowest BCUT2D eigenvalue weighted by Gasteiger charge is -2.35. The summed E-state index contributed by atoms with van der Waals surface area (Å²) in [6.45, 7) is 6.54. The molecule has 2 aliphatic heterocycles. The van der Waals surface area contributed by atoms with Gasteiger partial charge in [-0.3, -0.25) is 9.69 Å². The van der Waals surface area contributed by atoms with Gasteiger partial charge in [-0.15, -0.1) is 0 Å². The monoisotopic (exact) mass is 352 g/mol. The molecule has 2 saturated heterocycles. The lowest BCUT2D eigenvalue weighted by Crippen LogP contribution is -2.52. The van der Waals surface area contributed by atoms with E-state index in [1.807, 2.05) is 17.0 Å². The van der Waals surface area contributed by atoms with Crippen LogP contribution in [0.1, 0.15) is 31.7 Å². The number of rotatable bonds is 4. The molecule has 3 rings (SSSR count). The number of hydrogen-bond acceptors (Lipinski definition) is 5.